The Hall–Kier alpha value is -1.91. The lowest BCUT2D eigenvalue weighted by Gasteiger charge is -2.16. The zero-order chi connectivity index (χ0) is 20.3. The van der Waals surface area contributed by atoms with Crippen molar-refractivity contribution in [3.8, 4) is 0 Å². The Morgan fingerprint density at radius 1 is 1.43 bits per heavy atom. The van der Waals surface area contributed by atoms with Crippen LogP contribution in [0.1, 0.15) is 29.2 Å². The SMILES string of the molecule is CSc1ncc(Cl)c(C(=O)NC2CCc3nn(CCN(C)C)c(=O)n3CC2)n1. The lowest BCUT2D eigenvalue weighted by atomic mass is 10.1. The summed E-state index contributed by atoms with van der Waals surface area (Å²) >= 11 is 7.43. The molecule has 28 heavy (non-hydrogen) atoms. The standard InChI is InChI=1S/C17H24ClN7O2S/c1-23(2)8-9-25-17(27)24-7-6-11(4-5-13(24)22-25)20-15(26)14-12(18)10-19-16(21-14)28-3/h10-11H,4-9H2,1-3H3,(H,20,26). The van der Waals surface area contributed by atoms with Crippen molar-refractivity contribution in [3.05, 3.63) is 33.2 Å². The highest BCUT2D eigenvalue weighted by atomic mass is 35.5. The minimum atomic E-state index is -0.323. The molecule has 1 atom stereocenters. The van der Waals surface area contributed by atoms with Crippen LogP contribution in [0.4, 0.5) is 0 Å². The summed E-state index contributed by atoms with van der Waals surface area (Å²) in [5.74, 6) is 0.445. The molecule has 11 heteroatoms. The molecule has 3 rings (SSSR count). The molecule has 0 bridgehead atoms. The Morgan fingerprint density at radius 2 is 2.21 bits per heavy atom. The molecule has 1 unspecified atom stereocenters. The molecule has 0 aliphatic carbocycles. The Balaban J connectivity index is 1.66. The van der Waals surface area contributed by atoms with Crippen LogP contribution < -0.4 is 11.0 Å². The predicted octanol–water partition coefficient (Wildman–Crippen LogP) is 0.907. The molecule has 2 aromatic heterocycles. The molecule has 9 nitrogen and oxygen atoms in total. The number of thioether (sulfide) groups is 1. The zero-order valence-electron chi connectivity index (χ0n) is 16.2. The number of fused-ring (bicyclic) bond motifs is 1. The second-order valence-corrected chi connectivity index (χ2v) is 8.11. The number of aromatic nitrogens is 5. The van der Waals surface area contributed by atoms with Crippen molar-refractivity contribution < 1.29 is 4.79 Å². The molecule has 3 heterocycles. The second kappa shape index (κ2) is 9.06. The van der Waals surface area contributed by atoms with Gasteiger partial charge in [0.15, 0.2) is 10.9 Å². The second-order valence-electron chi connectivity index (χ2n) is 6.93. The molecule has 152 valence electrons. The third kappa shape index (κ3) is 4.73. The predicted molar refractivity (Wildman–Crippen MR) is 108 cm³/mol. The Labute approximate surface area is 172 Å². The van der Waals surface area contributed by atoms with Crippen LogP contribution in [-0.4, -0.2) is 68.1 Å². The minimum Gasteiger partial charge on any atom is -0.348 e. The van der Waals surface area contributed by atoms with Gasteiger partial charge in [-0.15, -0.1) is 0 Å². The van der Waals surface area contributed by atoms with E-state index in [0.29, 0.717) is 37.5 Å². The van der Waals surface area contributed by atoms with Gasteiger partial charge in [-0.05, 0) is 33.2 Å². The average molecular weight is 426 g/mol. The van der Waals surface area contributed by atoms with Crippen LogP contribution in [-0.2, 0) is 19.5 Å². The fourth-order valence-electron chi connectivity index (χ4n) is 3.08. The number of halogens is 1. The summed E-state index contributed by atoms with van der Waals surface area (Å²) in [7, 11) is 3.93. The van der Waals surface area contributed by atoms with E-state index < -0.39 is 0 Å². The highest BCUT2D eigenvalue weighted by Gasteiger charge is 2.24. The molecular formula is C17H24ClN7O2S. The number of nitrogens with zero attached hydrogens (tertiary/aromatic N) is 6. The van der Waals surface area contributed by atoms with Gasteiger partial charge in [0.2, 0.25) is 0 Å². The van der Waals surface area contributed by atoms with Crippen LogP contribution in [0.5, 0.6) is 0 Å². The first-order chi connectivity index (χ1) is 13.4. The van der Waals surface area contributed by atoms with E-state index in [-0.39, 0.29) is 28.4 Å². The fraction of sp³-hybridized carbons (Fsp3) is 0.588. The molecule has 1 N–H and O–H groups in total. The van der Waals surface area contributed by atoms with Crippen LogP contribution >= 0.6 is 23.4 Å². The van der Waals surface area contributed by atoms with Gasteiger partial charge in [-0.1, -0.05) is 23.4 Å². The third-order valence-corrected chi connectivity index (χ3v) is 5.47. The van der Waals surface area contributed by atoms with Crippen molar-refractivity contribution in [2.75, 3.05) is 26.9 Å². The first kappa shape index (κ1) is 20.8. The Morgan fingerprint density at radius 3 is 2.93 bits per heavy atom. The average Bonchev–Trinajstić information content (AvgIpc) is 2.83. The first-order valence-electron chi connectivity index (χ1n) is 9.07. The summed E-state index contributed by atoms with van der Waals surface area (Å²) in [4.78, 5) is 35.4. The number of hydrogen-bond acceptors (Lipinski definition) is 7. The molecule has 1 aliphatic rings. The molecule has 0 saturated heterocycles. The van der Waals surface area contributed by atoms with Gasteiger partial charge in [0, 0.05) is 25.6 Å². The number of aryl methyl sites for hydroxylation is 1. The van der Waals surface area contributed by atoms with Crippen LogP contribution in [0.2, 0.25) is 5.02 Å². The molecule has 1 aliphatic heterocycles. The van der Waals surface area contributed by atoms with Crippen molar-refractivity contribution in [1.29, 1.82) is 0 Å². The smallest absolute Gasteiger partial charge is 0.345 e. The van der Waals surface area contributed by atoms with E-state index in [4.69, 9.17) is 11.6 Å². The van der Waals surface area contributed by atoms with Gasteiger partial charge < -0.3 is 10.2 Å². The van der Waals surface area contributed by atoms with Gasteiger partial charge in [-0.25, -0.2) is 19.4 Å². The summed E-state index contributed by atoms with van der Waals surface area (Å²) in [6, 6.07) is -0.0763. The van der Waals surface area contributed by atoms with Gasteiger partial charge >= 0.3 is 5.69 Å². The molecule has 2 aromatic rings. The van der Waals surface area contributed by atoms with Gasteiger partial charge in [0.1, 0.15) is 5.82 Å². The van der Waals surface area contributed by atoms with Crippen molar-refractivity contribution in [2.24, 2.45) is 0 Å². The van der Waals surface area contributed by atoms with Crippen molar-refractivity contribution >= 4 is 29.3 Å². The van der Waals surface area contributed by atoms with Crippen molar-refractivity contribution in [2.45, 2.75) is 43.6 Å². The summed E-state index contributed by atoms with van der Waals surface area (Å²) in [5, 5.41) is 8.18. The first-order valence-corrected chi connectivity index (χ1v) is 10.7. The zero-order valence-corrected chi connectivity index (χ0v) is 17.8. The van der Waals surface area contributed by atoms with E-state index in [0.717, 1.165) is 12.4 Å². The molecular weight excluding hydrogens is 402 g/mol. The number of hydrogen-bond donors (Lipinski definition) is 1. The number of carbonyl (C=O) groups excluding carboxylic acids is 1. The van der Waals surface area contributed by atoms with E-state index in [1.807, 2.05) is 25.3 Å². The van der Waals surface area contributed by atoms with Crippen LogP contribution in [0.25, 0.3) is 0 Å². The molecule has 0 radical (unpaired) electrons. The highest BCUT2D eigenvalue weighted by molar-refractivity contribution is 7.98. The maximum atomic E-state index is 12.6. The minimum absolute atomic E-state index is 0.0763. The third-order valence-electron chi connectivity index (χ3n) is 4.63. The summed E-state index contributed by atoms with van der Waals surface area (Å²) < 4.78 is 3.24. The van der Waals surface area contributed by atoms with Gasteiger partial charge in [0.05, 0.1) is 17.8 Å². The lowest BCUT2D eigenvalue weighted by Crippen LogP contribution is -2.36. The fourth-order valence-corrected chi connectivity index (χ4v) is 3.59. The monoisotopic (exact) mass is 425 g/mol. The lowest BCUT2D eigenvalue weighted by molar-refractivity contribution is 0.0927. The van der Waals surface area contributed by atoms with Crippen LogP contribution in [0.15, 0.2) is 16.1 Å². The van der Waals surface area contributed by atoms with Gasteiger partial charge in [-0.2, -0.15) is 5.10 Å². The molecule has 0 spiro atoms. The number of amides is 1. The van der Waals surface area contributed by atoms with Gasteiger partial charge in [-0.3, -0.25) is 9.36 Å². The normalized spacial score (nSPS) is 16.7. The van der Waals surface area contributed by atoms with E-state index in [9.17, 15) is 9.59 Å². The largest absolute Gasteiger partial charge is 0.348 e. The molecule has 0 aromatic carbocycles. The van der Waals surface area contributed by atoms with E-state index in [2.05, 4.69) is 20.4 Å². The van der Waals surface area contributed by atoms with E-state index >= 15 is 0 Å². The summed E-state index contributed by atoms with van der Waals surface area (Å²) in [6.07, 6.45) is 5.25. The molecule has 0 fully saturated rings. The Bertz CT molecular complexity index is 911. The van der Waals surface area contributed by atoms with Crippen LogP contribution in [0, 0.1) is 0 Å². The number of likely N-dealkylation sites (N-methyl/N-ethyl adjacent to an activating group) is 1. The van der Waals surface area contributed by atoms with Gasteiger partial charge in [0.25, 0.3) is 5.91 Å². The molecule has 0 saturated carbocycles. The summed E-state index contributed by atoms with van der Waals surface area (Å²) in [5.41, 5.74) is 0.0846. The van der Waals surface area contributed by atoms with Crippen molar-refractivity contribution in [1.82, 2.24) is 34.5 Å². The highest BCUT2D eigenvalue weighted by Crippen LogP contribution is 2.18. The maximum absolute atomic E-state index is 12.6. The summed E-state index contributed by atoms with van der Waals surface area (Å²) in [6.45, 7) is 1.84. The molecule has 1 amide bonds. The maximum Gasteiger partial charge on any atom is 0.345 e. The quantitative estimate of drug-likeness (QED) is 0.542. The number of rotatable bonds is 6. The van der Waals surface area contributed by atoms with Crippen LogP contribution in [0.3, 0.4) is 0 Å². The van der Waals surface area contributed by atoms with Crippen molar-refractivity contribution in [3.63, 3.8) is 0 Å². The number of nitrogens with one attached hydrogen (secondary N) is 1. The van der Waals surface area contributed by atoms with E-state index in [1.54, 1.807) is 4.57 Å². The Kier molecular flexibility index (Phi) is 6.73. The van der Waals surface area contributed by atoms with E-state index in [1.165, 1.54) is 22.6 Å². The topological polar surface area (TPSA) is 97.9 Å². The number of carbonyl (C=O) groups is 1.